The van der Waals surface area contributed by atoms with Crippen molar-refractivity contribution in [3.8, 4) is 5.75 Å². The molecule has 0 aliphatic heterocycles. The first kappa shape index (κ1) is 13.2. The van der Waals surface area contributed by atoms with Crippen molar-refractivity contribution in [3.63, 3.8) is 0 Å². The van der Waals surface area contributed by atoms with Gasteiger partial charge in [0.05, 0.1) is 0 Å². The second-order valence-corrected chi connectivity index (χ2v) is 4.51. The Morgan fingerprint density at radius 2 is 1.89 bits per heavy atom. The summed E-state index contributed by atoms with van der Waals surface area (Å²) in [5, 5.41) is 8.86. The second-order valence-electron chi connectivity index (χ2n) is 4.51. The molecule has 100 valence electrons. The number of hydrogen-bond donors (Lipinski definition) is 1. The van der Waals surface area contributed by atoms with Crippen molar-refractivity contribution < 1.29 is 19.1 Å². The number of benzene rings is 1. The molecule has 1 heterocycles. The van der Waals surface area contributed by atoms with Crippen molar-refractivity contribution in [1.82, 2.24) is 0 Å². The van der Waals surface area contributed by atoms with Crippen LogP contribution in [0.3, 0.4) is 0 Å². The minimum atomic E-state index is -1.07. The number of aryl methyl sites for hydroxylation is 3. The van der Waals surface area contributed by atoms with Crippen LogP contribution in [0, 0.1) is 20.8 Å². The molecule has 0 bridgehead atoms. The van der Waals surface area contributed by atoms with Crippen LogP contribution in [-0.4, -0.2) is 11.1 Å². The van der Waals surface area contributed by atoms with E-state index in [2.05, 4.69) is 0 Å². The fraction of sp³-hybridized carbons (Fsp3) is 0.267. The van der Waals surface area contributed by atoms with Gasteiger partial charge in [-0.3, -0.25) is 0 Å². The SMILES string of the molecule is Cc1cccc(C)c1OCc1cc(C(=O)O)oc1C. The van der Waals surface area contributed by atoms with E-state index in [0.29, 0.717) is 12.4 Å². The summed E-state index contributed by atoms with van der Waals surface area (Å²) in [7, 11) is 0. The zero-order chi connectivity index (χ0) is 14.0. The van der Waals surface area contributed by atoms with Crippen molar-refractivity contribution in [2.24, 2.45) is 0 Å². The molecule has 4 nitrogen and oxygen atoms in total. The minimum Gasteiger partial charge on any atom is -0.488 e. The maximum atomic E-state index is 10.8. The third-order valence-corrected chi connectivity index (χ3v) is 3.01. The number of para-hydroxylation sites is 1. The first-order valence-corrected chi connectivity index (χ1v) is 6.00. The largest absolute Gasteiger partial charge is 0.488 e. The summed E-state index contributed by atoms with van der Waals surface area (Å²) in [6.07, 6.45) is 0. The predicted octanol–water partition coefficient (Wildman–Crippen LogP) is 3.48. The first-order valence-electron chi connectivity index (χ1n) is 6.00. The van der Waals surface area contributed by atoms with E-state index in [0.717, 1.165) is 22.4 Å². The summed E-state index contributed by atoms with van der Waals surface area (Å²) in [5.74, 6) is 0.280. The van der Waals surface area contributed by atoms with Gasteiger partial charge in [-0.2, -0.15) is 0 Å². The molecule has 1 N–H and O–H groups in total. The molecular formula is C15H16O4. The normalized spacial score (nSPS) is 10.5. The van der Waals surface area contributed by atoms with Gasteiger partial charge in [-0.15, -0.1) is 0 Å². The standard InChI is InChI=1S/C15H16O4/c1-9-5-4-6-10(2)14(9)18-8-12-7-13(15(16)17)19-11(12)3/h4-7H,8H2,1-3H3,(H,16,17). The van der Waals surface area contributed by atoms with E-state index in [-0.39, 0.29) is 5.76 Å². The van der Waals surface area contributed by atoms with Gasteiger partial charge in [-0.05, 0) is 38.0 Å². The number of carboxylic acid groups (broad SMARTS) is 1. The highest BCUT2D eigenvalue weighted by atomic mass is 16.5. The zero-order valence-electron chi connectivity index (χ0n) is 11.2. The van der Waals surface area contributed by atoms with Crippen molar-refractivity contribution >= 4 is 5.97 Å². The van der Waals surface area contributed by atoms with Crippen molar-refractivity contribution in [2.45, 2.75) is 27.4 Å². The molecule has 1 aromatic heterocycles. The molecule has 19 heavy (non-hydrogen) atoms. The Morgan fingerprint density at radius 3 is 2.42 bits per heavy atom. The summed E-state index contributed by atoms with van der Waals surface area (Å²) in [6.45, 7) is 5.99. The Morgan fingerprint density at radius 1 is 1.26 bits per heavy atom. The summed E-state index contributed by atoms with van der Waals surface area (Å²) >= 11 is 0. The Kier molecular flexibility index (Phi) is 3.60. The van der Waals surface area contributed by atoms with E-state index in [9.17, 15) is 4.79 Å². The number of carboxylic acids is 1. The van der Waals surface area contributed by atoms with Crippen LogP contribution in [0.4, 0.5) is 0 Å². The van der Waals surface area contributed by atoms with Crippen LogP contribution in [0.25, 0.3) is 0 Å². The van der Waals surface area contributed by atoms with Crippen LogP contribution >= 0.6 is 0 Å². The molecule has 4 heteroatoms. The lowest BCUT2D eigenvalue weighted by Gasteiger charge is -2.11. The van der Waals surface area contributed by atoms with Gasteiger partial charge in [0.25, 0.3) is 0 Å². The van der Waals surface area contributed by atoms with E-state index in [1.54, 1.807) is 6.92 Å². The van der Waals surface area contributed by atoms with Crippen LogP contribution in [0.15, 0.2) is 28.7 Å². The third-order valence-electron chi connectivity index (χ3n) is 3.01. The number of aromatic carboxylic acids is 1. The Balaban J connectivity index is 2.17. The predicted molar refractivity (Wildman–Crippen MR) is 70.7 cm³/mol. The lowest BCUT2D eigenvalue weighted by molar-refractivity contribution is 0.0661. The molecular weight excluding hydrogens is 244 g/mol. The highest BCUT2D eigenvalue weighted by Gasteiger charge is 2.14. The van der Waals surface area contributed by atoms with Crippen LogP contribution in [0.5, 0.6) is 5.75 Å². The van der Waals surface area contributed by atoms with E-state index in [1.807, 2.05) is 32.0 Å². The molecule has 0 spiro atoms. The van der Waals surface area contributed by atoms with Crippen LogP contribution in [0.2, 0.25) is 0 Å². The number of rotatable bonds is 4. The second kappa shape index (κ2) is 5.18. The molecule has 0 amide bonds. The van der Waals surface area contributed by atoms with E-state index in [4.69, 9.17) is 14.3 Å². The van der Waals surface area contributed by atoms with Gasteiger partial charge in [0.2, 0.25) is 5.76 Å². The van der Waals surface area contributed by atoms with Gasteiger partial charge < -0.3 is 14.3 Å². The van der Waals surface area contributed by atoms with E-state index < -0.39 is 5.97 Å². The van der Waals surface area contributed by atoms with Crippen molar-refractivity contribution in [2.75, 3.05) is 0 Å². The van der Waals surface area contributed by atoms with Crippen LogP contribution in [0.1, 0.15) is 33.0 Å². The maximum Gasteiger partial charge on any atom is 0.371 e. The molecule has 0 unspecified atom stereocenters. The summed E-state index contributed by atoms with van der Waals surface area (Å²) in [5.41, 5.74) is 2.86. The number of carbonyl (C=O) groups is 1. The molecule has 1 aromatic carbocycles. The van der Waals surface area contributed by atoms with Gasteiger partial charge in [-0.1, -0.05) is 18.2 Å². The van der Waals surface area contributed by atoms with Crippen LogP contribution < -0.4 is 4.74 Å². The molecule has 0 aliphatic carbocycles. The fourth-order valence-corrected chi connectivity index (χ4v) is 1.95. The topological polar surface area (TPSA) is 59.7 Å². The number of hydrogen-bond acceptors (Lipinski definition) is 3. The Hall–Kier alpha value is -2.23. The Labute approximate surface area is 111 Å². The lowest BCUT2D eigenvalue weighted by atomic mass is 10.1. The van der Waals surface area contributed by atoms with E-state index in [1.165, 1.54) is 6.07 Å². The summed E-state index contributed by atoms with van der Waals surface area (Å²) in [6, 6.07) is 7.44. The zero-order valence-corrected chi connectivity index (χ0v) is 11.2. The third kappa shape index (κ3) is 2.78. The van der Waals surface area contributed by atoms with Gasteiger partial charge in [0, 0.05) is 5.56 Å². The molecule has 0 saturated heterocycles. The van der Waals surface area contributed by atoms with Gasteiger partial charge in [0.15, 0.2) is 0 Å². The van der Waals surface area contributed by atoms with Crippen LogP contribution in [-0.2, 0) is 6.61 Å². The number of furan rings is 1. The highest BCUT2D eigenvalue weighted by molar-refractivity contribution is 5.84. The first-order chi connectivity index (χ1) is 8.99. The monoisotopic (exact) mass is 260 g/mol. The van der Waals surface area contributed by atoms with Crippen molar-refractivity contribution in [1.29, 1.82) is 0 Å². The molecule has 2 rings (SSSR count). The molecule has 2 aromatic rings. The summed E-state index contributed by atoms with van der Waals surface area (Å²) < 4.78 is 10.9. The average Bonchev–Trinajstić information content (AvgIpc) is 2.70. The molecule has 0 radical (unpaired) electrons. The lowest BCUT2D eigenvalue weighted by Crippen LogP contribution is -1.99. The number of ether oxygens (including phenoxy) is 1. The quantitative estimate of drug-likeness (QED) is 0.914. The summed E-state index contributed by atoms with van der Waals surface area (Å²) in [4.78, 5) is 10.8. The van der Waals surface area contributed by atoms with Gasteiger partial charge in [0.1, 0.15) is 18.1 Å². The van der Waals surface area contributed by atoms with Gasteiger partial charge in [-0.25, -0.2) is 4.79 Å². The molecule has 0 saturated carbocycles. The fourth-order valence-electron chi connectivity index (χ4n) is 1.95. The average molecular weight is 260 g/mol. The Bertz CT molecular complexity index is 590. The minimum absolute atomic E-state index is 0.0578. The van der Waals surface area contributed by atoms with Crippen molar-refractivity contribution in [3.05, 3.63) is 52.5 Å². The molecule has 0 fully saturated rings. The maximum absolute atomic E-state index is 10.8. The smallest absolute Gasteiger partial charge is 0.371 e. The molecule has 0 atom stereocenters. The molecule has 0 aliphatic rings. The van der Waals surface area contributed by atoms with E-state index >= 15 is 0 Å². The van der Waals surface area contributed by atoms with Gasteiger partial charge >= 0.3 is 5.97 Å². The highest BCUT2D eigenvalue weighted by Crippen LogP contribution is 2.24.